The molecule has 3 aromatic rings. The Morgan fingerprint density at radius 2 is 1.87 bits per heavy atom. The lowest BCUT2D eigenvalue weighted by atomic mass is 10.1. The van der Waals surface area contributed by atoms with Gasteiger partial charge in [-0.05, 0) is 55.8 Å². The summed E-state index contributed by atoms with van der Waals surface area (Å²) in [6, 6.07) is 13.4. The van der Waals surface area contributed by atoms with Gasteiger partial charge in [0.05, 0.1) is 22.2 Å². The van der Waals surface area contributed by atoms with Crippen molar-refractivity contribution in [2.45, 2.75) is 32.9 Å². The number of halogens is 1. The number of hydrogen-bond donors (Lipinski definition) is 1. The molecular formula is C22H18ClN5O3. The molecule has 0 bridgehead atoms. The molecule has 0 aliphatic heterocycles. The summed E-state index contributed by atoms with van der Waals surface area (Å²) in [5.74, 6) is 0.00426. The van der Waals surface area contributed by atoms with Gasteiger partial charge in [0, 0.05) is 18.2 Å². The van der Waals surface area contributed by atoms with Crippen LogP contribution in [0.4, 0.5) is 5.69 Å². The molecule has 0 saturated heterocycles. The van der Waals surface area contributed by atoms with E-state index >= 15 is 0 Å². The number of ether oxygens (including phenoxy) is 1. The van der Waals surface area contributed by atoms with Crippen molar-refractivity contribution >= 4 is 23.3 Å². The topological polar surface area (TPSA) is 125 Å². The van der Waals surface area contributed by atoms with Gasteiger partial charge in [-0.2, -0.15) is 10.5 Å². The average molecular weight is 436 g/mol. The second kappa shape index (κ2) is 9.29. The summed E-state index contributed by atoms with van der Waals surface area (Å²) >= 11 is 6.28. The Kier molecular flexibility index (Phi) is 6.54. The predicted molar refractivity (Wildman–Crippen MR) is 113 cm³/mol. The summed E-state index contributed by atoms with van der Waals surface area (Å²) in [5.41, 5.74) is 2.81. The van der Waals surface area contributed by atoms with Crippen molar-refractivity contribution in [3.63, 3.8) is 0 Å². The molecule has 31 heavy (non-hydrogen) atoms. The van der Waals surface area contributed by atoms with Crippen LogP contribution < -0.4 is 5.32 Å². The van der Waals surface area contributed by atoms with E-state index in [9.17, 15) is 4.79 Å². The summed E-state index contributed by atoms with van der Waals surface area (Å²) in [7, 11) is 0. The number of esters is 1. The van der Waals surface area contributed by atoms with E-state index in [0.29, 0.717) is 33.0 Å². The normalized spacial score (nSPS) is 12.3. The van der Waals surface area contributed by atoms with Gasteiger partial charge in [0.1, 0.15) is 18.2 Å². The predicted octanol–water partition coefficient (Wildman–Crippen LogP) is 4.55. The van der Waals surface area contributed by atoms with E-state index in [4.69, 9.17) is 31.3 Å². The Labute approximate surface area is 184 Å². The SMILES string of the molecule is CC(=O)O[C@@H](C)[C@@H](Nc1ccc(C#N)c(Cl)c1C)c1nnc(-c2ccc(C#N)cc2)o1. The fourth-order valence-corrected chi connectivity index (χ4v) is 3.18. The van der Waals surface area contributed by atoms with E-state index in [2.05, 4.69) is 21.6 Å². The molecule has 3 rings (SSSR count). The molecular weight excluding hydrogens is 418 g/mol. The number of aromatic nitrogens is 2. The maximum Gasteiger partial charge on any atom is 0.302 e. The maximum atomic E-state index is 11.5. The largest absolute Gasteiger partial charge is 0.460 e. The summed E-state index contributed by atoms with van der Waals surface area (Å²) in [6.45, 7) is 4.79. The van der Waals surface area contributed by atoms with Crippen molar-refractivity contribution in [2.24, 2.45) is 0 Å². The molecule has 2 aromatic carbocycles. The van der Waals surface area contributed by atoms with Crippen LogP contribution >= 0.6 is 11.6 Å². The molecule has 1 heterocycles. The molecule has 9 heteroatoms. The molecule has 0 saturated carbocycles. The van der Waals surface area contributed by atoms with Gasteiger partial charge >= 0.3 is 5.97 Å². The Bertz CT molecular complexity index is 1190. The highest BCUT2D eigenvalue weighted by atomic mass is 35.5. The van der Waals surface area contributed by atoms with E-state index in [-0.39, 0.29) is 11.8 Å². The van der Waals surface area contributed by atoms with Crippen LogP contribution in [0.15, 0.2) is 40.8 Å². The van der Waals surface area contributed by atoms with E-state index in [0.717, 1.165) is 0 Å². The van der Waals surface area contributed by atoms with Gasteiger partial charge in [-0.25, -0.2) is 0 Å². The van der Waals surface area contributed by atoms with E-state index < -0.39 is 18.1 Å². The molecule has 1 N–H and O–H groups in total. The lowest BCUT2D eigenvalue weighted by molar-refractivity contribution is -0.146. The van der Waals surface area contributed by atoms with Crippen molar-refractivity contribution in [1.29, 1.82) is 10.5 Å². The first kappa shape index (κ1) is 21.8. The molecule has 1 aromatic heterocycles. The second-order valence-corrected chi connectivity index (χ2v) is 7.16. The highest BCUT2D eigenvalue weighted by Crippen LogP contribution is 2.32. The first-order valence-corrected chi connectivity index (χ1v) is 9.68. The Hall–Kier alpha value is -3.88. The van der Waals surface area contributed by atoms with E-state index in [1.807, 2.05) is 6.07 Å². The van der Waals surface area contributed by atoms with Crippen LogP contribution in [0.2, 0.25) is 5.02 Å². The van der Waals surface area contributed by atoms with Crippen LogP contribution in [-0.4, -0.2) is 22.3 Å². The number of hydrogen-bond acceptors (Lipinski definition) is 8. The number of carbonyl (C=O) groups is 1. The molecule has 0 amide bonds. The third-order valence-electron chi connectivity index (χ3n) is 4.61. The van der Waals surface area contributed by atoms with Crippen LogP contribution in [0.5, 0.6) is 0 Å². The van der Waals surface area contributed by atoms with Crippen LogP contribution in [-0.2, 0) is 9.53 Å². The lowest BCUT2D eigenvalue weighted by Gasteiger charge is -2.24. The molecule has 2 atom stereocenters. The molecule has 0 spiro atoms. The van der Waals surface area contributed by atoms with Crippen molar-refractivity contribution in [3.8, 4) is 23.6 Å². The molecule has 0 aliphatic carbocycles. The molecule has 156 valence electrons. The number of benzene rings is 2. The van der Waals surface area contributed by atoms with Crippen LogP contribution in [0.25, 0.3) is 11.5 Å². The van der Waals surface area contributed by atoms with E-state index in [1.54, 1.807) is 50.2 Å². The van der Waals surface area contributed by atoms with Crippen molar-refractivity contribution in [1.82, 2.24) is 10.2 Å². The quantitative estimate of drug-likeness (QED) is 0.559. The summed E-state index contributed by atoms with van der Waals surface area (Å²) < 4.78 is 11.2. The summed E-state index contributed by atoms with van der Waals surface area (Å²) in [4.78, 5) is 11.5. The second-order valence-electron chi connectivity index (χ2n) is 6.78. The molecule has 0 unspecified atom stereocenters. The Morgan fingerprint density at radius 1 is 1.16 bits per heavy atom. The number of nitrogens with zero attached hydrogens (tertiary/aromatic N) is 4. The highest BCUT2D eigenvalue weighted by molar-refractivity contribution is 6.32. The number of carbonyl (C=O) groups excluding carboxylic acids is 1. The van der Waals surface area contributed by atoms with Gasteiger partial charge in [-0.1, -0.05) is 11.6 Å². The van der Waals surface area contributed by atoms with Gasteiger partial charge in [-0.15, -0.1) is 10.2 Å². The average Bonchev–Trinajstić information content (AvgIpc) is 3.24. The first-order valence-electron chi connectivity index (χ1n) is 9.31. The third-order valence-corrected chi connectivity index (χ3v) is 5.09. The zero-order valence-corrected chi connectivity index (χ0v) is 17.8. The first-order chi connectivity index (χ1) is 14.8. The monoisotopic (exact) mass is 435 g/mol. The Balaban J connectivity index is 1.96. The summed E-state index contributed by atoms with van der Waals surface area (Å²) in [5, 5.41) is 29.9. The van der Waals surface area contributed by atoms with Gasteiger partial charge in [0.25, 0.3) is 0 Å². The van der Waals surface area contributed by atoms with Crippen LogP contribution in [0.3, 0.4) is 0 Å². The van der Waals surface area contributed by atoms with Crippen molar-refractivity contribution in [3.05, 3.63) is 64.0 Å². The minimum absolute atomic E-state index is 0.202. The highest BCUT2D eigenvalue weighted by Gasteiger charge is 2.28. The van der Waals surface area contributed by atoms with Gasteiger partial charge in [-0.3, -0.25) is 4.79 Å². The smallest absolute Gasteiger partial charge is 0.302 e. The minimum atomic E-state index is -0.675. The minimum Gasteiger partial charge on any atom is -0.460 e. The fourth-order valence-electron chi connectivity index (χ4n) is 2.97. The van der Waals surface area contributed by atoms with Gasteiger partial charge in [0.15, 0.2) is 0 Å². The number of nitriles is 2. The van der Waals surface area contributed by atoms with Gasteiger partial charge < -0.3 is 14.5 Å². The number of anilines is 1. The van der Waals surface area contributed by atoms with Crippen LogP contribution in [0, 0.1) is 29.6 Å². The van der Waals surface area contributed by atoms with Crippen molar-refractivity contribution in [2.75, 3.05) is 5.32 Å². The summed E-state index contributed by atoms with van der Waals surface area (Å²) in [6.07, 6.45) is -0.652. The number of nitrogens with one attached hydrogen (secondary N) is 1. The number of rotatable bonds is 6. The van der Waals surface area contributed by atoms with Crippen LogP contribution in [0.1, 0.15) is 42.5 Å². The fraction of sp³-hybridized carbons (Fsp3) is 0.227. The van der Waals surface area contributed by atoms with Crippen molar-refractivity contribution < 1.29 is 13.9 Å². The zero-order chi connectivity index (χ0) is 22.5. The van der Waals surface area contributed by atoms with Gasteiger partial charge in [0.2, 0.25) is 11.8 Å². The lowest BCUT2D eigenvalue weighted by Crippen LogP contribution is -2.28. The molecule has 0 radical (unpaired) electrons. The molecule has 8 nitrogen and oxygen atoms in total. The van der Waals surface area contributed by atoms with E-state index in [1.165, 1.54) is 6.92 Å². The molecule has 0 aliphatic rings. The zero-order valence-electron chi connectivity index (χ0n) is 17.0. The third kappa shape index (κ3) is 4.82. The maximum absolute atomic E-state index is 11.5. The molecule has 0 fully saturated rings. The standard InChI is InChI=1S/C22H18ClN5O3/c1-12-18(9-8-17(11-25)19(12)23)26-20(13(2)30-14(3)29)22-28-27-21(31-22)16-6-4-15(10-24)5-7-16/h4-9,13,20,26H,1-3H3/t13-,20+/m0/s1. The Morgan fingerprint density at radius 3 is 2.48 bits per heavy atom.